The van der Waals surface area contributed by atoms with Gasteiger partial charge in [0, 0.05) is 5.41 Å². The molecule has 0 amide bonds. The molecule has 1 aliphatic rings. The zero-order chi connectivity index (χ0) is 13.0. The Kier molecular flexibility index (Phi) is 4.38. The summed E-state index contributed by atoms with van der Waals surface area (Å²) in [6.07, 6.45) is 1.44. The van der Waals surface area contributed by atoms with Gasteiger partial charge in [-0.3, -0.25) is 0 Å². The molecule has 1 fully saturated rings. The Morgan fingerprint density at radius 3 is 2.39 bits per heavy atom. The zero-order valence-electron chi connectivity index (χ0n) is 10.9. The first-order valence-electron chi connectivity index (χ1n) is 6.61. The molecule has 0 aliphatic heterocycles. The summed E-state index contributed by atoms with van der Waals surface area (Å²) in [4.78, 5) is 0. The fraction of sp³-hybridized carbons (Fsp3) is 0.600. The van der Waals surface area contributed by atoms with Gasteiger partial charge in [-0.05, 0) is 24.8 Å². The molecule has 0 heterocycles. The first-order chi connectivity index (χ1) is 8.63. The number of ether oxygens (including phenoxy) is 1. The molecule has 18 heavy (non-hydrogen) atoms. The smallest absolute Gasteiger partial charge is 0.0717 e. The van der Waals surface area contributed by atoms with Crippen molar-refractivity contribution in [1.29, 1.82) is 0 Å². The third-order valence-corrected chi connectivity index (χ3v) is 4.00. The minimum atomic E-state index is -0.535. The fourth-order valence-electron chi connectivity index (χ4n) is 2.54. The van der Waals surface area contributed by atoms with Crippen molar-refractivity contribution in [3.63, 3.8) is 0 Å². The molecule has 0 aromatic heterocycles. The minimum absolute atomic E-state index is 0.393. The van der Waals surface area contributed by atoms with E-state index in [0.717, 1.165) is 24.8 Å². The summed E-state index contributed by atoms with van der Waals surface area (Å²) >= 11 is 0. The highest BCUT2D eigenvalue weighted by atomic mass is 16.5. The molecule has 0 unspecified atom stereocenters. The molecular weight excluding hydrogens is 228 g/mol. The molecule has 0 spiro atoms. The predicted molar refractivity (Wildman–Crippen MR) is 70.1 cm³/mol. The van der Waals surface area contributed by atoms with E-state index in [1.807, 2.05) is 37.3 Å². The lowest BCUT2D eigenvalue weighted by Crippen LogP contribution is -2.49. The number of rotatable bonds is 4. The Hall–Kier alpha value is -0.900. The fourth-order valence-corrected chi connectivity index (χ4v) is 2.54. The number of benzene rings is 1. The van der Waals surface area contributed by atoms with Gasteiger partial charge in [0.1, 0.15) is 0 Å². The van der Waals surface area contributed by atoms with Crippen LogP contribution in [0.25, 0.3) is 0 Å². The van der Waals surface area contributed by atoms with Crippen molar-refractivity contribution in [2.75, 3.05) is 6.61 Å². The molecule has 100 valence electrons. The van der Waals surface area contributed by atoms with Gasteiger partial charge in [0.05, 0.1) is 25.4 Å². The maximum Gasteiger partial charge on any atom is 0.0717 e. The summed E-state index contributed by atoms with van der Waals surface area (Å²) in [5.41, 5.74) is 0.577. The van der Waals surface area contributed by atoms with Gasteiger partial charge in [0.15, 0.2) is 0 Å². The maximum absolute atomic E-state index is 10.1. The monoisotopic (exact) mass is 250 g/mol. The van der Waals surface area contributed by atoms with Gasteiger partial charge in [-0.2, -0.15) is 0 Å². The van der Waals surface area contributed by atoms with Gasteiger partial charge in [-0.15, -0.1) is 0 Å². The number of hydrogen-bond donors (Lipinski definition) is 2. The summed E-state index contributed by atoms with van der Waals surface area (Å²) < 4.78 is 5.68. The van der Waals surface area contributed by atoms with Crippen molar-refractivity contribution in [2.45, 2.75) is 45.0 Å². The number of hydrogen-bond acceptors (Lipinski definition) is 3. The second kappa shape index (κ2) is 5.83. The van der Waals surface area contributed by atoms with E-state index in [4.69, 9.17) is 4.74 Å². The number of aliphatic hydroxyl groups excluding tert-OH is 2. The molecule has 2 atom stereocenters. The molecule has 1 aliphatic carbocycles. The molecule has 2 rings (SSSR count). The Morgan fingerprint density at radius 2 is 1.78 bits per heavy atom. The minimum Gasteiger partial charge on any atom is -0.392 e. The zero-order valence-corrected chi connectivity index (χ0v) is 10.9. The molecule has 0 bridgehead atoms. The van der Waals surface area contributed by atoms with E-state index in [2.05, 4.69) is 0 Å². The van der Waals surface area contributed by atoms with Crippen molar-refractivity contribution in [3.8, 4) is 0 Å². The predicted octanol–water partition coefficient (Wildman–Crippen LogP) is 2.12. The molecular formula is C15H22O3. The van der Waals surface area contributed by atoms with Crippen LogP contribution >= 0.6 is 0 Å². The van der Waals surface area contributed by atoms with Crippen LogP contribution in [0.3, 0.4) is 0 Å². The molecule has 1 saturated carbocycles. The van der Waals surface area contributed by atoms with Crippen molar-refractivity contribution >= 4 is 0 Å². The SMILES string of the molecule is CC1(COCc2ccccc2)[C@@H](O)CCC[C@@H]1O. The molecule has 0 saturated heterocycles. The van der Waals surface area contributed by atoms with Gasteiger partial charge < -0.3 is 14.9 Å². The molecule has 1 aromatic rings. The largest absolute Gasteiger partial charge is 0.392 e. The lowest BCUT2D eigenvalue weighted by molar-refractivity contribution is -0.129. The average Bonchev–Trinajstić information content (AvgIpc) is 2.38. The lowest BCUT2D eigenvalue weighted by atomic mass is 9.71. The highest BCUT2D eigenvalue weighted by Gasteiger charge is 2.42. The summed E-state index contributed by atoms with van der Waals surface area (Å²) in [5.74, 6) is 0. The standard InChI is InChI=1S/C15H22O3/c1-15(13(16)8-5-9-14(15)17)11-18-10-12-6-3-2-4-7-12/h2-4,6-7,13-14,16-17H,5,8-11H2,1H3/t13-,14-/m0/s1. The van der Waals surface area contributed by atoms with E-state index in [1.54, 1.807) is 0 Å². The van der Waals surface area contributed by atoms with Crippen LogP contribution in [-0.2, 0) is 11.3 Å². The second-order valence-electron chi connectivity index (χ2n) is 5.45. The van der Waals surface area contributed by atoms with Crippen LogP contribution in [-0.4, -0.2) is 29.0 Å². The van der Waals surface area contributed by atoms with Crippen LogP contribution in [0.15, 0.2) is 30.3 Å². The first-order valence-corrected chi connectivity index (χ1v) is 6.61. The highest BCUT2D eigenvalue weighted by molar-refractivity contribution is 5.13. The Balaban J connectivity index is 1.88. The van der Waals surface area contributed by atoms with E-state index in [1.165, 1.54) is 0 Å². The van der Waals surface area contributed by atoms with Crippen LogP contribution in [0.4, 0.5) is 0 Å². The van der Waals surface area contributed by atoms with Gasteiger partial charge in [-0.25, -0.2) is 0 Å². The van der Waals surface area contributed by atoms with Crippen LogP contribution in [0.1, 0.15) is 31.7 Å². The maximum atomic E-state index is 10.1. The van der Waals surface area contributed by atoms with E-state index in [-0.39, 0.29) is 0 Å². The molecule has 3 nitrogen and oxygen atoms in total. The second-order valence-corrected chi connectivity index (χ2v) is 5.45. The molecule has 0 radical (unpaired) electrons. The van der Waals surface area contributed by atoms with Crippen molar-refractivity contribution < 1.29 is 14.9 Å². The van der Waals surface area contributed by atoms with Gasteiger partial charge in [0.2, 0.25) is 0 Å². The molecule has 2 N–H and O–H groups in total. The Morgan fingerprint density at radius 1 is 1.17 bits per heavy atom. The van der Waals surface area contributed by atoms with Gasteiger partial charge in [-0.1, -0.05) is 37.3 Å². The normalized spacial score (nSPS) is 27.1. The summed E-state index contributed by atoms with van der Waals surface area (Å²) in [6, 6.07) is 9.95. The molecule has 1 aromatic carbocycles. The summed E-state index contributed by atoms with van der Waals surface area (Å²) in [5, 5.41) is 20.1. The third-order valence-electron chi connectivity index (χ3n) is 4.00. The van der Waals surface area contributed by atoms with Crippen LogP contribution in [0, 0.1) is 5.41 Å². The lowest BCUT2D eigenvalue weighted by Gasteiger charge is -2.42. The average molecular weight is 250 g/mol. The van der Waals surface area contributed by atoms with Crippen molar-refractivity contribution in [3.05, 3.63) is 35.9 Å². The van der Waals surface area contributed by atoms with Crippen LogP contribution in [0.5, 0.6) is 0 Å². The van der Waals surface area contributed by atoms with Crippen LogP contribution in [0.2, 0.25) is 0 Å². The summed E-state index contributed by atoms with van der Waals surface area (Å²) in [7, 11) is 0. The van der Waals surface area contributed by atoms with Crippen molar-refractivity contribution in [1.82, 2.24) is 0 Å². The van der Waals surface area contributed by atoms with Crippen LogP contribution < -0.4 is 0 Å². The Bertz CT molecular complexity index is 353. The Labute approximate surface area is 108 Å². The number of aliphatic hydroxyl groups is 2. The quantitative estimate of drug-likeness (QED) is 0.860. The highest BCUT2D eigenvalue weighted by Crippen LogP contribution is 2.36. The third kappa shape index (κ3) is 2.91. The molecule has 3 heteroatoms. The van der Waals surface area contributed by atoms with Crippen molar-refractivity contribution in [2.24, 2.45) is 5.41 Å². The van der Waals surface area contributed by atoms with Gasteiger partial charge in [0.25, 0.3) is 0 Å². The first kappa shape index (κ1) is 13.5. The van der Waals surface area contributed by atoms with E-state index < -0.39 is 17.6 Å². The van der Waals surface area contributed by atoms with E-state index in [9.17, 15) is 10.2 Å². The van der Waals surface area contributed by atoms with E-state index in [0.29, 0.717) is 13.2 Å². The van der Waals surface area contributed by atoms with E-state index >= 15 is 0 Å². The topological polar surface area (TPSA) is 49.7 Å². The van der Waals surface area contributed by atoms with Gasteiger partial charge >= 0.3 is 0 Å². The summed E-state index contributed by atoms with van der Waals surface area (Å²) in [6.45, 7) is 2.83.